The molecule has 2 N–H and O–H groups in total. The topological polar surface area (TPSA) is 33.5 Å². The minimum Gasteiger partial charge on any atom is -0.310 e. The van der Waals surface area contributed by atoms with Crippen LogP contribution >= 0.6 is 34.8 Å². The largest absolute Gasteiger partial charge is 0.310 e. The van der Waals surface area contributed by atoms with E-state index < -0.39 is 9.96 Å². The maximum Gasteiger partial charge on any atom is 0.262 e. The van der Waals surface area contributed by atoms with Crippen molar-refractivity contribution in [3.8, 4) is 0 Å². The first-order chi connectivity index (χ1) is 8.30. The standard InChI is InChI=1S/C12H15Cl3N2O/c1-9(18)16-11(12(13,14)15)17(2)8-10-6-4-3-5-7-10/h3-7,11H,8H2,1-2H3,(H,16,18)/p+1. The van der Waals surface area contributed by atoms with Gasteiger partial charge in [0, 0.05) is 12.5 Å². The van der Waals surface area contributed by atoms with E-state index in [0.29, 0.717) is 6.54 Å². The van der Waals surface area contributed by atoms with Crippen molar-refractivity contribution in [1.82, 2.24) is 5.32 Å². The molecule has 0 saturated carbocycles. The summed E-state index contributed by atoms with van der Waals surface area (Å²) in [6.07, 6.45) is -0.597. The van der Waals surface area contributed by atoms with E-state index in [0.717, 1.165) is 10.5 Å². The van der Waals surface area contributed by atoms with Gasteiger partial charge in [-0.1, -0.05) is 65.1 Å². The molecule has 1 aromatic carbocycles. The Labute approximate surface area is 122 Å². The van der Waals surface area contributed by atoms with Crippen LogP contribution in [0.25, 0.3) is 0 Å². The van der Waals surface area contributed by atoms with Crippen LogP contribution in [0.4, 0.5) is 0 Å². The number of benzene rings is 1. The lowest BCUT2D eigenvalue weighted by atomic mass is 10.2. The van der Waals surface area contributed by atoms with E-state index in [1.165, 1.54) is 6.92 Å². The van der Waals surface area contributed by atoms with Gasteiger partial charge in [-0.05, 0) is 0 Å². The zero-order valence-electron chi connectivity index (χ0n) is 10.2. The summed E-state index contributed by atoms with van der Waals surface area (Å²) >= 11 is 17.7. The Bertz CT molecular complexity index is 392. The Kier molecular flexibility index (Phi) is 5.73. The SMILES string of the molecule is CC(=O)NC([NH+](C)Cc1ccccc1)C(Cl)(Cl)Cl. The van der Waals surface area contributed by atoms with Crippen LogP contribution in [-0.4, -0.2) is 22.9 Å². The smallest absolute Gasteiger partial charge is 0.262 e. The average Bonchev–Trinajstić information content (AvgIpc) is 2.25. The predicted molar refractivity (Wildman–Crippen MR) is 74.9 cm³/mol. The van der Waals surface area contributed by atoms with Gasteiger partial charge in [0.2, 0.25) is 12.1 Å². The fraction of sp³-hybridized carbons (Fsp3) is 0.417. The molecule has 0 spiro atoms. The number of carbonyl (C=O) groups excluding carboxylic acids is 1. The molecule has 2 unspecified atom stereocenters. The van der Waals surface area contributed by atoms with Crippen molar-refractivity contribution in [3.63, 3.8) is 0 Å². The van der Waals surface area contributed by atoms with E-state index in [-0.39, 0.29) is 5.91 Å². The van der Waals surface area contributed by atoms with Gasteiger partial charge in [-0.15, -0.1) is 0 Å². The van der Waals surface area contributed by atoms with E-state index in [1.807, 2.05) is 37.4 Å². The molecule has 0 saturated heterocycles. The third-order valence-corrected chi connectivity index (χ3v) is 3.15. The second-order valence-electron chi connectivity index (χ2n) is 4.18. The maximum atomic E-state index is 11.2. The fourth-order valence-corrected chi connectivity index (χ4v) is 2.43. The van der Waals surface area contributed by atoms with Gasteiger partial charge in [-0.2, -0.15) is 0 Å². The molecule has 3 nitrogen and oxygen atoms in total. The highest BCUT2D eigenvalue weighted by atomic mass is 35.6. The molecule has 0 aliphatic heterocycles. The van der Waals surface area contributed by atoms with Crippen LogP contribution in [0.1, 0.15) is 12.5 Å². The first-order valence-electron chi connectivity index (χ1n) is 5.50. The highest BCUT2D eigenvalue weighted by Gasteiger charge is 2.40. The monoisotopic (exact) mass is 309 g/mol. The number of nitrogens with one attached hydrogen (secondary N) is 2. The van der Waals surface area contributed by atoms with E-state index in [4.69, 9.17) is 34.8 Å². The minimum absolute atomic E-state index is 0.223. The molecule has 0 fully saturated rings. The molecule has 1 rings (SSSR count). The van der Waals surface area contributed by atoms with E-state index in [1.54, 1.807) is 0 Å². The number of quaternary nitrogens is 1. The zero-order chi connectivity index (χ0) is 13.8. The van der Waals surface area contributed by atoms with Crippen LogP contribution in [0.5, 0.6) is 0 Å². The molecule has 0 heterocycles. The lowest BCUT2D eigenvalue weighted by Gasteiger charge is -2.30. The molecule has 0 radical (unpaired) electrons. The first-order valence-corrected chi connectivity index (χ1v) is 6.64. The molecule has 1 amide bonds. The Morgan fingerprint density at radius 2 is 1.89 bits per heavy atom. The lowest BCUT2D eigenvalue weighted by molar-refractivity contribution is -0.921. The van der Waals surface area contributed by atoms with Crippen LogP contribution in [0.15, 0.2) is 30.3 Å². The van der Waals surface area contributed by atoms with Crippen LogP contribution in [-0.2, 0) is 11.3 Å². The van der Waals surface area contributed by atoms with Crippen LogP contribution in [0.2, 0.25) is 0 Å². The van der Waals surface area contributed by atoms with Gasteiger partial charge in [0.1, 0.15) is 6.54 Å². The normalized spacial score (nSPS) is 14.9. The van der Waals surface area contributed by atoms with Crippen molar-refractivity contribution in [2.75, 3.05) is 7.05 Å². The Balaban J connectivity index is 2.77. The average molecular weight is 311 g/mol. The highest BCUT2D eigenvalue weighted by Crippen LogP contribution is 2.27. The number of halogens is 3. The zero-order valence-corrected chi connectivity index (χ0v) is 12.5. The summed E-state index contributed by atoms with van der Waals surface area (Å²) in [4.78, 5) is 12.1. The van der Waals surface area contributed by atoms with Gasteiger partial charge in [-0.25, -0.2) is 0 Å². The van der Waals surface area contributed by atoms with E-state index >= 15 is 0 Å². The summed E-state index contributed by atoms with van der Waals surface area (Å²) < 4.78 is -1.55. The molecular formula is C12H16Cl3N2O+. The summed E-state index contributed by atoms with van der Waals surface area (Å²) in [5.41, 5.74) is 1.11. The first kappa shape index (κ1) is 15.6. The van der Waals surface area contributed by atoms with E-state index in [9.17, 15) is 4.79 Å². The van der Waals surface area contributed by atoms with Gasteiger partial charge >= 0.3 is 0 Å². The molecule has 0 aliphatic rings. The van der Waals surface area contributed by atoms with Crippen molar-refractivity contribution in [2.24, 2.45) is 0 Å². The second kappa shape index (κ2) is 6.62. The number of hydrogen-bond donors (Lipinski definition) is 2. The third kappa shape index (κ3) is 5.02. The molecule has 18 heavy (non-hydrogen) atoms. The van der Waals surface area contributed by atoms with Crippen molar-refractivity contribution in [2.45, 2.75) is 23.4 Å². The summed E-state index contributed by atoms with van der Waals surface area (Å²) in [7, 11) is 1.87. The Morgan fingerprint density at radius 1 is 1.33 bits per heavy atom. The van der Waals surface area contributed by atoms with Crippen molar-refractivity contribution >= 4 is 40.7 Å². The molecule has 100 valence electrons. The van der Waals surface area contributed by atoms with Gasteiger partial charge in [0.05, 0.1) is 7.05 Å². The number of amides is 1. The van der Waals surface area contributed by atoms with Gasteiger partial charge < -0.3 is 10.2 Å². The Hall–Kier alpha value is -0.480. The van der Waals surface area contributed by atoms with Crippen molar-refractivity contribution in [1.29, 1.82) is 0 Å². The third-order valence-electron chi connectivity index (χ3n) is 2.49. The van der Waals surface area contributed by atoms with Crippen LogP contribution in [0, 0.1) is 0 Å². The predicted octanol–water partition coefficient (Wildman–Crippen LogP) is 1.53. The number of rotatable bonds is 4. The quantitative estimate of drug-likeness (QED) is 0.642. The number of alkyl halides is 3. The molecule has 0 aromatic heterocycles. The van der Waals surface area contributed by atoms with Gasteiger partial charge in [0.25, 0.3) is 3.79 Å². The summed E-state index contributed by atoms with van der Waals surface area (Å²) in [6.45, 7) is 2.05. The van der Waals surface area contributed by atoms with Crippen molar-refractivity contribution < 1.29 is 9.69 Å². The minimum atomic E-state index is -1.55. The molecule has 2 atom stereocenters. The summed E-state index contributed by atoms with van der Waals surface area (Å²) in [5, 5.41) is 2.67. The Morgan fingerprint density at radius 3 is 2.33 bits per heavy atom. The van der Waals surface area contributed by atoms with Crippen molar-refractivity contribution in [3.05, 3.63) is 35.9 Å². The molecule has 0 aliphatic carbocycles. The van der Waals surface area contributed by atoms with E-state index in [2.05, 4.69) is 5.32 Å². The number of carbonyl (C=O) groups is 1. The summed E-state index contributed by atoms with van der Waals surface area (Å²) in [6, 6.07) is 9.83. The molecule has 1 aromatic rings. The van der Waals surface area contributed by atoms with Gasteiger partial charge in [-0.3, -0.25) is 4.79 Å². The lowest BCUT2D eigenvalue weighted by Crippen LogP contribution is -3.15. The highest BCUT2D eigenvalue weighted by molar-refractivity contribution is 6.68. The van der Waals surface area contributed by atoms with Gasteiger partial charge in [0.15, 0.2) is 0 Å². The van der Waals surface area contributed by atoms with Crippen LogP contribution < -0.4 is 10.2 Å². The summed E-state index contributed by atoms with van der Waals surface area (Å²) in [5.74, 6) is -0.223. The molecule has 6 heteroatoms. The second-order valence-corrected chi connectivity index (χ2v) is 6.55. The maximum absolute atomic E-state index is 11.2. The molecule has 0 bridgehead atoms. The number of hydrogen-bond acceptors (Lipinski definition) is 1. The van der Waals surface area contributed by atoms with Crippen LogP contribution in [0.3, 0.4) is 0 Å². The fourth-order valence-electron chi connectivity index (χ4n) is 1.71. The molecular weight excluding hydrogens is 295 g/mol.